The molecule has 124 valence electrons. The van der Waals surface area contributed by atoms with Crippen LogP contribution in [-0.4, -0.2) is 48.7 Å². The Hall–Kier alpha value is -1.79. The van der Waals surface area contributed by atoms with Crippen molar-refractivity contribution in [2.75, 3.05) is 25.5 Å². The molecule has 0 spiro atoms. The molecule has 0 saturated carbocycles. The lowest BCUT2D eigenvalue weighted by Gasteiger charge is -2.25. The smallest absolute Gasteiger partial charge is 0.407 e. The summed E-state index contributed by atoms with van der Waals surface area (Å²) in [5.41, 5.74) is 0.808. The van der Waals surface area contributed by atoms with Gasteiger partial charge in [-0.05, 0) is 26.8 Å². The highest BCUT2D eigenvalue weighted by atomic mass is 16.6. The third-order valence-electron chi connectivity index (χ3n) is 2.96. The molecule has 0 heterocycles. The second kappa shape index (κ2) is 7.47. The number of aliphatic hydroxyl groups is 2. The summed E-state index contributed by atoms with van der Waals surface area (Å²) in [4.78, 5) is 13.4. The molecule has 0 radical (unpaired) electrons. The maximum atomic E-state index is 11.6. The second-order valence-electron chi connectivity index (χ2n) is 6.35. The molecule has 6 heteroatoms. The van der Waals surface area contributed by atoms with Gasteiger partial charge >= 0.3 is 6.09 Å². The highest BCUT2D eigenvalue weighted by molar-refractivity contribution is 5.67. The second-order valence-corrected chi connectivity index (χ2v) is 6.35. The molecule has 0 aliphatic heterocycles. The number of aliphatic hydroxyl groups excluding tert-OH is 2. The molecule has 6 nitrogen and oxygen atoms in total. The molecule has 0 saturated heterocycles. The predicted molar refractivity (Wildman–Crippen MR) is 86.0 cm³/mol. The minimum absolute atomic E-state index is 0.0994. The number of rotatable bonds is 5. The van der Waals surface area contributed by atoms with Gasteiger partial charge in [0.1, 0.15) is 17.8 Å². The first kappa shape index (κ1) is 18.3. The number of anilines is 1. The average molecular weight is 310 g/mol. The van der Waals surface area contributed by atoms with Crippen LogP contribution in [0, 0.1) is 0 Å². The molecular formula is C16H26N2O4. The topological polar surface area (TPSA) is 82.0 Å². The van der Waals surface area contributed by atoms with E-state index in [1.165, 1.54) is 0 Å². The van der Waals surface area contributed by atoms with Crippen molar-refractivity contribution in [2.24, 2.45) is 0 Å². The number of hydrogen-bond acceptors (Lipinski definition) is 5. The molecule has 0 aromatic heterocycles. The Labute approximate surface area is 131 Å². The van der Waals surface area contributed by atoms with Crippen LogP contribution in [0.5, 0.6) is 0 Å². The van der Waals surface area contributed by atoms with Crippen LogP contribution in [0.4, 0.5) is 10.5 Å². The Kier molecular flexibility index (Phi) is 6.20. The highest BCUT2D eigenvalue weighted by Gasteiger charge is 2.23. The molecule has 0 fully saturated rings. The minimum Gasteiger partial charge on any atom is -0.444 e. The van der Waals surface area contributed by atoms with Crippen LogP contribution in [0.2, 0.25) is 0 Å². The molecule has 0 aliphatic rings. The van der Waals surface area contributed by atoms with Crippen molar-refractivity contribution in [1.29, 1.82) is 0 Å². The van der Waals surface area contributed by atoms with Crippen LogP contribution >= 0.6 is 0 Å². The van der Waals surface area contributed by atoms with Crippen LogP contribution in [0.25, 0.3) is 0 Å². The quantitative estimate of drug-likeness (QED) is 0.771. The number of para-hydroxylation sites is 1. The van der Waals surface area contributed by atoms with Gasteiger partial charge in [0, 0.05) is 31.9 Å². The summed E-state index contributed by atoms with van der Waals surface area (Å²) >= 11 is 0. The minimum atomic E-state index is -1.13. The maximum Gasteiger partial charge on any atom is 0.407 e. The van der Waals surface area contributed by atoms with Gasteiger partial charge in [-0.2, -0.15) is 0 Å². The van der Waals surface area contributed by atoms with Gasteiger partial charge in [0.25, 0.3) is 0 Å². The van der Waals surface area contributed by atoms with Crippen LogP contribution in [-0.2, 0) is 4.74 Å². The summed E-state index contributed by atoms with van der Waals surface area (Å²) in [7, 11) is 3.72. The van der Waals surface area contributed by atoms with Crippen molar-refractivity contribution in [2.45, 2.75) is 38.6 Å². The lowest BCUT2D eigenvalue weighted by Crippen LogP contribution is -2.39. The number of ether oxygens (including phenoxy) is 1. The number of nitrogens with one attached hydrogen (secondary N) is 1. The molecule has 1 amide bonds. The van der Waals surface area contributed by atoms with E-state index in [1.54, 1.807) is 32.9 Å². The molecular weight excluding hydrogens is 284 g/mol. The number of benzene rings is 1. The Balaban J connectivity index is 2.66. The molecule has 0 aliphatic carbocycles. The molecule has 2 atom stereocenters. The van der Waals surface area contributed by atoms with E-state index in [-0.39, 0.29) is 6.54 Å². The first-order chi connectivity index (χ1) is 10.1. The summed E-state index contributed by atoms with van der Waals surface area (Å²) in [6.07, 6.45) is -2.86. The summed E-state index contributed by atoms with van der Waals surface area (Å²) < 4.78 is 5.08. The fourth-order valence-corrected chi connectivity index (χ4v) is 1.97. The zero-order valence-electron chi connectivity index (χ0n) is 13.8. The summed E-state index contributed by atoms with van der Waals surface area (Å²) in [5.74, 6) is 0. The molecule has 2 unspecified atom stereocenters. The number of carbonyl (C=O) groups is 1. The molecule has 22 heavy (non-hydrogen) atoms. The third-order valence-corrected chi connectivity index (χ3v) is 2.96. The van der Waals surface area contributed by atoms with Gasteiger partial charge in [-0.15, -0.1) is 0 Å². The van der Waals surface area contributed by atoms with Crippen molar-refractivity contribution < 1.29 is 19.7 Å². The molecule has 0 bridgehead atoms. The van der Waals surface area contributed by atoms with Crippen LogP contribution < -0.4 is 10.2 Å². The van der Waals surface area contributed by atoms with Crippen molar-refractivity contribution in [3.8, 4) is 0 Å². The number of hydrogen-bond donors (Lipinski definition) is 3. The normalized spacial score (nSPS) is 14.1. The fourth-order valence-electron chi connectivity index (χ4n) is 1.97. The predicted octanol–water partition coefficient (Wildman–Crippen LogP) is 1.67. The maximum absolute atomic E-state index is 11.6. The molecule has 1 aromatic rings. The van der Waals surface area contributed by atoms with Crippen LogP contribution in [0.15, 0.2) is 24.3 Å². The monoisotopic (exact) mass is 310 g/mol. The number of amides is 1. The molecule has 3 N–H and O–H groups in total. The standard InChI is InChI=1S/C16H26N2O4/c1-16(2,3)22-15(21)17-10-13(19)14(20)11-8-6-7-9-12(11)18(4)5/h6-9,13-14,19-20H,10H2,1-5H3,(H,17,21). The summed E-state index contributed by atoms with van der Waals surface area (Å²) in [5, 5.41) is 22.8. The Morgan fingerprint density at radius 3 is 2.41 bits per heavy atom. The van der Waals surface area contributed by atoms with E-state index in [2.05, 4.69) is 5.32 Å². The van der Waals surface area contributed by atoms with Gasteiger partial charge in [-0.3, -0.25) is 0 Å². The largest absolute Gasteiger partial charge is 0.444 e. The SMILES string of the molecule is CN(C)c1ccccc1C(O)C(O)CNC(=O)OC(C)(C)C. The number of carbonyl (C=O) groups excluding carboxylic acids is 1. The van der Waals surface area contributed by atoms with E-state index in [0.29, 0.717) is 5.56 Å². The number of alkyl carbamates (subject to hydrolysis) is 1. The Morgan fingerprint density at radius 2 is 1.86 bits per heavy atom. The van der Waals surface area contributed by atoms with Gasteiger partial charge in [0.2, 0.25) is 0 Å². The van der Waals surface area contributed by atoms with Gasteiger partial charge in [0.15, 0.2) is 0 Å². The van der Waals surface area contributed by atoms with Gasteiger partial charge in [0.05, 0.1) is 0 Å². The van der Waals surface area contributed by atoms with E-state index >= 15 is 0 Å². The third kappa shape index (κ3) is 5.54. The summed E-state index contributed by atoms with van der Waals surface area (Å²) in [6.45, 7) is 5.17. The summed E-state index contributed by atoms with van der Waals surface area (Å²) in [6, 6.07) is 7.25. The van der Waals surface area contributed by atoms with E-state index in [0.717, 1.165) is 5.69 Å². The Morgan fingerprint density at radius 1 is 1.27 bits per heavy atom. The molecule has 1 aromatic carbocycles. The lowest BCUT2D eigenvalue weighted by molar-refractivity contribution is 0.0132. The Bertz CT molecular complexity index is 497. The van der Waals surface area contributed by atoms with Crippen LogP contribution in [0.1, 0.15) is 32.4 Å². The zero-order chi connectivity index (χ0) is 16.9. The van der Waals surface area contributed by atoms with E-state index in [1.807, 2.05) is 31.1 Å². The first-order valence-corrected chi connectivity index (χ1v) is 7.21. The van der Waals surface area contributed by atoms with Gasteiger partial charge in [-0.25, -0.2) is 4.79 Å². The highest BCUT2D eigenvalue weighted by Crippen LogP contribution is 2.26. The molecule has 1 rings (SSSR count). The van der Waals surface area contributed by atoms with E-state index in [9.17, 15) is 15.0 Å². The van der Waals surface area contributed by atoms with Gasteiger partial charge < -0.3 is 25.2 Å². The van der Waals surface area contributed by atoms with Crippen molar-refractivity contribution >= 4 is 11.8 Å². The van der Waals surface area contributed by atoms with Crippen LogP contribution in [0.3, 0.4) is 0 Å². The van der Waals surface area contributed by atoms with Gasteiger partial charge in [-0.1, -0.05) is 18.2 Å². The van der Waals surface area contributed by atoms with E-state index < -0.39 is 23.9 Å². The van der Waals surface area contributed by atoms with Crippen molar-refractivity contribution in [3.63, 3.8) is 0 Å². The average Bonchev–Trinajstić information content (AvgIpc) is 2.42. The van der Waals surface area contributed by atoms with E-state index in [4.69, 9.17) is 4.74 Å². The first-order valence-electron chi connectivity index (χ1n) is 7.21. The van der Waals surface area contributed by atoms with Crippen molar-refractivity contribution in [3.05, 3.63) is 29.8 Å². The number of nitrogens with zero attached hydrogens (tertiary/aromatic N) is 1. The zero-order valence-corrected chi connectivity index (χ0v) is 13.8. The fraction of sp³-hybridized carbons (Fsp3) is 0.562. The lowest BCUT2D eigenvalue weighted by atomic mass is 10.0. The van der Waals surface area contributed by atoms with Crippen molar-refractivity contribution in [1.82, 2.24) is 5.32 Å².